The van der Waals surface area contributed by atoms with Crippen molar-refractivity contribution >= 4 is 17.5 Å². The number of likely N-dealkylation sites (tertiary alicyclic amines) is 1. The summed E-state index contributed by atoms with van der Waals surface area (Å²) < 4.78 is 14.0. The van der Waals surface area contributed by atoms with Gasteiger partial charge in [-0.2, -0.15) is 0 Å². The summed E-state index contributed by atoms with van der Waals surface area (Å²) in [4.78, 5) is 31.8. The lowest BCUT2D eigenvalue weighted by atomic mass is 10.00. The molecule has 2 aromatic carbocycles. The summed E-state index contributed by atoms with van der Waals surface area (Å²) in [7, 11) is 0. The number of amides is 2. The highest BCUT2D eigenvalue weighted by atomic mass is 19.1. The monoisotopic (exact) mass is 493 g/mol. The highest BCUT2D eigenvalue weighted by molar-refractivity contribution is 5.92. The van der Waals surface area contributed by atoms with E-state index in [1.807, 2.05) is 15.9 Å². The first kappa shape index (κ1) is 26.3. The van der Waals surface area contributed by atoms with Gasteiger partial charge in [0.15, 0.2) is 0 Å². The second-order valence-electron chi connectivity index (χ2n) is 10.3. The first-order valence-electron chi connectivity index (χ1n) is 13.6. The van der Waals surface area contributed by atoms with E-state index in [1.165, 1.54) is 37.3 Å². The Hall–Kier alpha value is -2.73. The number of carbonyl (C=O) groups excluding carboxylic acids is 2. The van der Waals surface area contributed by atoms with Gasteiger partial charge in [0.05, 0.1) is 6.42 Å². The van der Waals surface area contributed by atoms with Crippen molar-refractivity contribution in [3.63, 3.8) is 0 Å². The van der Waals surface area contributed by atoms with Crippen LogP contribution in [0.15, 0.2) is 48.5 Å². The Morgan fingerprint density at radius 1 is 0.833 bits per heavy atom. The summed E-state index contributed by atoms with van der Waals surface area (Å²) in [5.74, 6) is -0.203. The Kier molecular flexibility index (Phi) is 9.51. The maximum atomic E-state index is 14.0. The van der Waals surface area contributed by atoms with Gasteiger partial charge < -0.3 is 9.80 Å². The summed E-state index contributed by atoms with van der Waals surface area (Å²) in [6.45, 7) is 5.69. The van der Waals surface area contributed by atoms with Gasteiger partial charge in [-0.1, -0.05) is 62.1 Å². The van der Waals surface area contributed by atoms with Crippen LogP contribution < -0.4 is 4.90 Å². The number of benzene rings is 2. The summed E-state index contributed by atoms with van der Waals surface area (Å²) in [5.41, 5.74) is 2.70. The molecular weight excluding hydrogens is 453 g/mol. The lowest BCUT2D eigenvalue weighted by Gasteiger charge is -2.39. The molecule has 194 valence electrons. The normalized spacial score (nSPS) is 19.1. The number of halogens is 1. The number of fused-ring (bicyclic) bond motifs is 1. The van der Waals surface area contributed by atoms with Crippen LogP contribution >= 0.6 is 0 Å². The van der Waals surface area contributed by atoms with Crippen LogP contribution in [0.2, 0.25) is 0 Å². The molecule has 1 fully saturated rings. The van der Waals surface area contributed by atoms with Crippen LogP contribution in [0, 0.1) is 5.82 Å². The van der Waals surface area contributed by atoms with Gasteiger partial charge in [-0.3, -0.25) is 14.5 Å². The Morgan fingerprint density at radius 3 is 2.19 bits per heavy atom. The third kappa shape index (κ3) is 6.94. The molecule has 0 saturated carbocycles. The molecule has 2 aliphatic rings. The van der Waals surface area contributed by atoms with E-state index in [-0.39, 0.29) is 24.1 Å². The van der Waals surface area contributed by atoms with Crippen molar-refractivity contribution in [1.82, 2.24) is 9.80 Å². The van der Waals surface area contributed by atoms with E-state index in [0.29, 0.717) is 24.7 Å². The molecule has 2 aliphatic heterocycles. The van der Waals surface area contributed by atoms with Crippen molar-refractivity contribution in [1.29, 1.82) is 0 Å². The van der Waals surface area contributed by atoms with E-state index in [2.05, 4.69) is 23.1 Å². The number of nitrogens with zero attached hydrogens (tertiary/aromatic N) is 3. The fourth-order valence-corrected chi connectivity index (χ4v) is 5.65. The molecule has 2 aromatic rings. The summed E-state index contributed by atoms with van der Waals surface area (Å²) in [6, 6.07) is 15.3. The quantitative estimate of drug-likeness (QED) is 0.562. The molecule has 1 saturated heterocycles. The number of anilines is 1. The number of hydrogen-bond acceptors (Lipinski definition) is 3. The van der Waals surface area contributed by atoms with E-state index in [4.69, 9.17) is 0 Å². The van der Waals surface area contributed by atoms with Crippen LogP contribution in [0.4, 0.5) is 10.1 Å². The van der Waals surface area contributed by atoms with E-state index in [9.17, 15) is 14.0 Å². The molecule has 0 radical (unpaired) electrons. The Morgan fingerprint density at radius 2 is 1.47 bits per heavy atom. The summed E-state index contributed by atoms with van der Waals surface area (Å²) in [5, 5.41) is 0. The molecule has 5 nitrogen and oxygen atoms in total. The van der Waals surface area contributed by atoms with Crippen LogP contribution in [0.5, 0.6) is 0 Å². The Balaban J connectivity index is 1.44. The highest BCUT2D eigenvalue weighted by Gasteiger charge is 2.28. The largest absolute Gasteiger partial charge is 0.342 e. The van der Waals surface area contributed by atoms with Crippen LogP contribution in [0.1, 0.15) is 69.4 Å². The second-order valence-corrected chi connectivity index (χ2v) is 10.3. The maximum absolute atomic E-state index is 14.0. The predicted octanol–water partition coefficient (Wildman–Crippen LogP) is 5.57. The predicted molar refractivity (Wildman–Crippen MR) is 142 cm³/mol. The molecule has 0 unspecified atom stereocenters. The molecule has 0 aromatic heterocycles. The number of para-hydroxylation sites is 1. The third-order valence-corrected chi connectivity index (χ3v) is 7.75. The lowest BCUT2D eigenvalue weighted by molar-refractivity contribution is -0.132. The molecule has 0 N–H and O–H groups in total. The number of carbonyl (C=O) groups is 2. The molecular formula is C30H40FN3O2. The molecule has 36 heavy (non-hydrogen) atoms. The number of piperidine rings is 1. The Bertz CT molecular complexity index is 1020. The zero-order valence-electron chi connectivity index (χ0n) is 21.6. The molecule has 4 rings (SSSR count). The third-order valence-electron chi connectivity index (χ3n) is 7.75. The SMILES string of the molecule is CC(=O)N1CCCCCCCCN(C2CCN(C(=O)Cc3ccccc3F)CC2)Cc2ccccc21. The van der Waals surface area contributed by atoms with Crippen molar-refractivity contribution in [2.45, 2.75) is 77.3 Å². The van der Waals surface area contributed by atoms with Gasteiger partial charge >= 0.3 is 0 Å². The Labute approximate surface area is 215 Å². The molecule has 0 spiro atoms. The van der Waals surface area contributed by atoms with E-state index >= 15 is 0 Å². The highest BCUT2D eigenvalue weighted by Crippen LogP contribution is 2.27. The standard InChI is InChI=1S/C30H40FN3O2/c1-24(35)34-19-11-5-3-2-4-10-18-33(23-26-13-7-9-15-29(26)34)27-16-20-32(21-17-27)30(36)22-25-12-6-8-14-28(25)31/h6-9,12-15,27H,2-5,10-11,16-23H2,1H3. The molecule has 2 amide bonds. The molecule has 2 heterocycles. The van der Waals surface area contributed by atoms with Gasteiger partial charge in [0.25, 0.3) is 0 Å². The molecule has 0 aliphatic carbocycles. The van der Waals surface area contributed by atoms with E-state index in [0.717, 1.165) is 51.0 Å². The zero-order valence-corrected chi connectivity index (χ0v) is 21.6. The smallest absolute Gasteiger partial charge is 0.227 e. The van der Waals surface area contributed by atoms with Crippen molar-refractivity contribution in [2.24, 2.45) is 0 Å². The minimum atomic E-state index is -0.311. The van der Waals surface area contributed by atoms with Crippen LogP contribution in [0.3, 0.4) is 0 Å². The van der Waals surface area contributed by atoms with E-state index in [1.54, 1.807) is 25.1 Å². The first-order valence-corrected chi connectivity index (χ1v) is 13.6. The van der Waals surface area contributed by atoms with Gasteiger partial charge in [-0.15, -0.1) is 0 Å². The van der Waals surface area contributed by atoms with Crippen molar-refractivity contribution in [3.05, 3.63) is 65.5 Å². The second kappa shape index (κ2) is 13.0. The van der Waals surface area contributed by atoms with Gasteiger partial charge in [-0.05, 0) is 55.5 Å². The topological polar surface area (TPSA) is 43.9 Å². The van der Waals surface area contributed by atoms with Gasteiger partial charge in [0.1, 0.15) is 5.82 Å². The van der Waals surface area contributed by atoms with Gasteiger partial charge in [0.2, 0.25) is 11.8 Å². The van der Waals surface area contributed by atoms with Gasteiger partial charge in [0, 0.05) is 44.8 Å². The minimum Gasteiger partial charge on any atom is -0.342 e. The molecule has 0 atom stereocenters. The lowest BCUT2D eigenvalue weighted by Crippen LogP contribution is -2.47. The van der Waals surface area contributed by atoms with Crippen molar-refractivity contribution < 1.29 is 14.0 Å². The van der Waals surface area contributed by atoms with E-state index < -0.39 is 0 Å². The molecule has 0 bridgehead atoms. The number of hydrogen-bond donors (Lipinski definition) is 0. The summed E-state index contributed by atoms with van der Waals surface area (Å²) in [6.07, 6.45) is 9.02. The first-order chi connectivity index (χ1) is 17.5. The van der Waals surface area contributed by atoms with Gasteiger partial charge in [-0.25, -0.2) is 4.39 Å². The van der Waals surface area contributed by atoms with Crippen LogP contribution in [-0.4, -0.2) is 53.8 Å². The fraction of sp³-hybridized carbons (Fsp3) is 0.533. The fourth-order valence-electron chi connectivity index (χ4n) is 5.65. The number of rotatable bonds is 3. The maximum Gasteiger partial charge on any atom is 0.227 e. The summed E-state index contributed by atoms with van der Waals surface area (Å²) >= 11 is 0. The molecule has 6 heteroatoms. The minimum absolute atomic E-state index is 0.00550. The average Bonchev–Trinajstić information content (AvgIpc) is 2.90. The average molecular weight is 494 g/mol. The van der Waals surface area contributed by atoms with Crippen LogP contribution in [0.25, 0.3) is 0 Å². The van der Waals surface area contributed by atoms with Crippen molar-refractivity contribution in [2.75, 3.05) is 31.1 Å². The van der Waals surface area contributed by atoms with Crippen LogP contribution in [-0.2, 0) is 22.6 Å². The van der Waals surface area contributed by atoms with Crippen molar-refractivity contribution in [3.8, 4) is 0 Å². The zero-order chi connectivity index (χ0) is 25.3.